The second kappa shape index (κ2) is 5.16. The smallest absolute Gasteiger partial charge is 0.199 e. The molecule has 2 aliphatic heterocycles. The average Bonchev–Trinajstić information content (AvgIpc) is 3.16. The summed E-state index contributed by atoms with van der Waals surface area (Å²) in [6.07, 6.45) is 2.00. The Morgan fingerprint density at radius 1 is 1.19 bits per heavy atom. The highest BCUT2D eigenvalue weighted by Gasteiger charge is 2.24. The molecule has 0 bridgehead atoms. The van der Waals surface area contributed by atoms with Gasteiger partial charge in [0.25, 0.3) is 0 Å². The van der Waals surface area contributed by atoms with Gasteiger partial charge in [0.1, 0.15) is 19.3 Å². The van der Waals surface area contributed by atoms with Crippen LogP contribution in [0.3, 0.4) is 0 Å². The number of ether oxygens (including phenoxy) is 3. The molecule has 7 heteroatoms. The largest absolute Gasteiger partial charge is 0.486 e. The number of rotatable bonds is 2. The number of aromatic nitrogens is 3. The molecule has 110 valence electrons. The fraction of sp³-hybridized carbons (Fsp3) is 0.429. The first-order valence-electron chi connectivity index (χ1n) is 7.02. The molecule has 1 N–H and O–H groups in total. The number of hydrogen-bond donors (Lipinski definition) is 1. The minimum atomic E-state index is -0.00819. The molecule has 0 spiro atoms. The molecule has 0 aliphatic carbocycles. The number of nitrogens with one attached hydrogen (secondary N) is 1. The van der Waals surface area contributed by atoms with E-state index in [1.54, 1.807) is 0 Å². The molecule has 6 nitrogen and oxygen atoms in total. The van der Waals surface area contributed by atoms with Crippen molar-refractivity contribution < 1.29 is 14.2 Å². The van der Waals surface area contributed by atoms with Gasteiger partial charge in [-0.05, 0) is 37.2 Å². The van der Waals surface area contributed by atoms with E-state index in [0.717, 1.165) is 42.5 Å². The Bertz CT molecular complexity index is 718. The van der Waals surface area contributed by atoms with E-state index in [1.807, 2.05) is 22.8 Å². The number of H-pyrrole nitrogens is 1. The molecule has 4 rings (SSSR count). The van der Waals surface area contributed by atoms with Crippen LogP contribution in [0.2, 0.25) is 0 Å². The molecule has 21 heavy (non-hydrogen) atoms. The van der Waals surface area contributed by atoms with Gasteiger partial charge >= 0.3 is 0 Å². The molecule has 3 heterocycles. The quantitative estimate of drug-likeness (QED) is 0.864. The molecule has 0 saturated carbocycles. The van der Waals surface area contributed by atoms with Gasteiger partial charge in [0.15, 0.2) is 22.1 Å². The van der Waals surface area contributed by atoms with Gasteiger partial charge in [-0.1, -0.05) is 0 Å². The number of aromatic amines is 1. The summed E-state index contributed by atoms with van der Waals surface area (Å²) < 4.78 is 19.4. The third-order valence-corrected chi connectivity index (χ3v) is 3.97. The maximum atomic E-state index is 5.72. The van der Waals surface area contributed by atoms with Gasteiger partial charge in [0.05, 0.1) is 5.69 Å². The molecule has 0 radical (unpaired) electrons. The summed E-state index contributed by atoms with van der Waals surface area (Å²) in [5.41, 5.74) is 0.906. The maximum absolute atomic E-state index is 5.72. The molecule has 1 fully saturated rings. The third kappa shape index (κ3) is 2.22. The fourth-order valence-corrected chi connectivity index (χ4v) is 2.97. The van der Waals surface area contributed by atoms with Crippen LogP contribution in [-0.2, 0) is 4.74 Å². The Balaban J connectivity index is 1.79. The minimum absolute atomic E-state index is 0.00819. The summed E-state index contributed by atoms with van der Waals surface area (Å²) >= 11 is 5.36. The van der Waals surface area contributed by atoms with E-state index in [2.05, 4.69) is 10.2 Å². The minimum Gasteiger partial charge on any atom is -0.486 e. The Labute approximate surface area is 126 Å². The molecule has 0 amide bonds. The van der Waals surface area contributed by atoms with Crippen molar-refractivity contribution in [1.82, 2.24) is 14.8 Å². The second-order valence-corrected chi connectivity index (χ2v) is 5.44. The van der Waals surface area contributed by atoms with Crippen molar-refractivity contribution in [1.29, 1.82) is 0 Å². The standard InChI is InChI=1S/C14H15N3O3S/c21-14-16-15-13(11-2-1-5-18-11)17(14)9-3-4-10-12(8-9)20-7-6-19-10/h3-4,8,11H,1-2,5-7H2,(H,16,21). The monoisotopic (exact) mass is 305 g/mol. The van der Waals surface area contributed by atoms with Crippen LogP contribution in [0.15, 0.2) is 18.2 Å². The Kier molecular flexibility index (Phi) is 3.16. The van der Waals surface area contributed by atoms with Crippen LogP contribution < -0.4 is 9.47 Å². The number of nitrogens with zero attached hydrogens (tertiary/aromatic N) is 2. The van der Waals surface area contributed by atoms with Crippen LogP contribution in [0.4, 0.5) is 0 Å². The van der Waals surface area contributed by atoms with Gasteiger partial charge in [-0.15, -0.1) is 0 Å². The summed E-state index contributed by atoms with van der Waals surface area (Å²) in [6.45, 7) is 1.91. The zero-order valence-electron chi connectivity index (χ0n) is 11.4. The predicted molar refractivity (Wildman–Crippen MR) is 77.7 cm³/mol. The van der Waals surface area contributed by atoms with E-state index in [9.17, 15) is 0 Å². The van der Waals surface area contributed by atoms with Crippen LogP contribution >= 0.6 is 12.2 Å². The van der Waals surface area contributed by atoms with Crippen molar-refractivity contribution in [2.75, 3.05) is 19.8 Å². The molecular weight excluding hydrogens is 290 g/mol. The van der Waals surface area contributed by atoms with Crippen LogP contribution in [-0.4, -0.2) is 34.6 Å². The third-order valence-electron chi connectivity index (χ3n) is 3.70. The van der Waals surface area contributed by atoms with Crippen LogP contribution in [0, 0.1) is 4.77 Å². The molecule has 1 unspecified atom stereocenters. The van der Waals surface area contributed by atoms with Gasteiger partial charge in [-0.3, -0.25) is 9.67 Å². The van der Waals surface area contributed by atoms with Gasteiger partial charge in [0, 0.05) is 12.7 Å². The summed E-state index contributed by atoms with van der Waals surface area (Å²) in [7, 11) is 0. The summed E-state index contributed by atoms with van der Waals surface area (Å²) in [5, 5.41) is 7.19. The summed E-state index contributed by atoms with van der Waals surface area (Å²) in [5.74, 6) is 2.31. The van der Waals surface area contributed by atoms with Gasteiger partial charge in [0.2, 0.25) is 0 Å². The van der Waals surface area contributed by atoms with Crippen LogP contribution in [0.5, 0.6) is 11.5 Å². The number of benzene rings is 1. The SMILES string of the molecule is S=c1[nH]nc(C2CCCO2)n1-c1ccc2c(c1)OCCO2. The van der Waals surface area contributed by atoms with E-state index in [1.165, 1.54) is 0 Å². The van der Waals surface area contributed by atoms with Crippen molar-refractivity contribution in [2.45, 2.75) is 18.9 Å². The van der Waals surface area contributed by atoms with E-state index < -0.39 is 0 Å². The van der Waals surface area contributed by atoms with E-state index in [4.69, 9.17) is 26.4 Å². The van der Waals surface area contributed by atoms with Crippen molar-refractivity contribution in [3.05, 3.63) is 28.8 Å². The zero-order valence-corrected chi connectivity index (χ0v) is 12.2. The average molecular weight is 305 g/mol. The number of fused-ring (bicyclic) bond motifs is 1. The highest BCUT2D eigenvalue weighted by Crippen LogP contribution is 2.34. The lowest BCUT2D eigenvalue weighted by atomic mass is 10.2. The summed E-state index contributed by atoms with van der Waals surface area (Å²) in [6, 6.07) is 5.79. The zero-order chi connectivity index (χ0) is 14.2. The molecule has 1 aromatic heterocycles. The lowest BCUT2D eigenvalue weighted by molar-refractivity contribution is 0.103. The van der Waals surface area contributed by atoms with E-state index in [-0.39, 0.29) is 6.10 Å². The van der Waals surface area contributed by atoms with Crippen molar-refractivity contribution in [2.24, 2.45) is 0 Å². The number of hydrogen-bond acceptors (Lipinski definition) is 5. The molecular formula is C14H15N3O3S. The lowest BCUT2D eigenvalue weighted by Crippen LogP contribution is -2.15. The first-order valence-corrected chi connectivity index (χ1v) is 7.43. The van der Waals surface area contributed by atoms with Crippen LogP contribution in [0.1, 0.15) is 24.8 Å². The fourth-order valence-electron chi connectivity index (χ4n) is 2.73. The highest BCUT2D eigenvalue weighted by atomic mass is 32.1. The van der Waals surface area contributed by atoms with Crippen molar-refractivity contribution in [3.8, 4) is 17.2 Å². The Morgan fingerprint density at radius 3 is 2.86 bits per heavy atom. The normalized spacial score (nSPS) is 20.7. The first-order chi connectivity index (χ1) is 10.3. The van der Waals surface area contributed by atoms with Gasteiger partial charge < -0.3 is 14.2 Å². The predicted octanol–water partition coefficient (Wildman–Crippen LogP) is 2.55. The molecule has 2 aliphatic rings. The van der Waals surface area contributed by atoms with E-state index >= 15 is 0 Å². The van der Waals surface area contributed by atoms with Gasteiger partial charge in [-0.2, -0.15) is 5.10 Å². The Morgan fingerprint density at radius 2 is 2.05 bits per heavy atom. The topological polar surface area (TPSA) is 61.3 Å². The maximum Gasteiger partial charge on any atom is 0.199 e. The Hall–Kier alpha value is -1.86. The highest BCUT2D eigenvalue weighted by molar-refractivity contribution is 7.71. The van der Waals surface area contributed by atoms with Gasteiger partial charge in [-0.25, -0.2) is 0 Å². The lowest BCUT2D eigenvalue weighted by Gasteiger charge is -2.19. The van der Waals surface area contributed by atoms with Crippen molar-refractivity contribution in [3.63, 3.8) is 0 Å². The molecule has 2 aromatic rings. The molecule has 1 saturated heterocycles. The summed E-state index contributed by atoms with van der Waals surface area (Å²) in [4.78, 5) is 0. The van der Waals surface area contributed by atoms with Crippen molar-refractivity contribution >= 4 is 12.2 Å². The molecule has 1 aromatic carbocycles. The van der Waals surface area contributed by atoms with Crippen LogP contribution in [0.25, 0.3) is 5.69 Å². The first kappa shape index (κ1) is 12.8. The van der Waals surface area contributed by atoms with E-state index in [0.29, 0.717) is 18.0 Å². The molecule has 1 atom stereocenters. The second-order valence-electron chi connectivity index (χ2n) is 5.05.